The Labute approximate surface area is 181 Å². The van der Waals surface area contributed by atoms with E-state index in [1.807, 2.05) is 6.07 Å². The summed E-state index contributed by atoms with van der Waals surface area (Å²) in [4.78, 5) is 20.6. The van der Waals surface area contributed by atoms with Crippen molar-refractivity contribution in [2.24, 2.45) is 5.10 Å². The molecule has 2 aromatic heterocycles. The lowest BCUT2D eigenvalue weighted by Crippen LogP contribution is -1.97. The number of fused-ring (bicyclic) bond motifs is 1. The Hall–Kier alpha value is -3.63. The quantitative estimate of drug-likeness (QED) is 0.336. The molecule has 0 saturated heterocycles. The second-order valence-electron chi connectivity index (χ2n) is 6.64. The number of nitrogens with one attached hydrogen (secondary N) is 1. The minimum Gasteiger partial charge on any atom is -0.478 e. The van der Waals surface area contributed by atoms with Crippen molar-refractivity contribution in [1.82, 2.24) is 9.97 Å². The average Bonchev–Trinajstić information content (AvgIpc) is 3.19. The summed E-state index contributed by atoms with van der Waals surface area (Å²) in [6.45, 7) is 0. The number of hydrogen-bond donors (Lipinski definition) is 2. The maximum atomic E-state index is 11.7. The molecule has 2 N–H and O–H groups in total. The lowest BCUT2D eigenvalue weighted by molar-refractivity contribution is 0.0697. The van der Waals surface area contributed by atoms with Crippen LogP contribution in [0.25, 0.3) is 20.7 Å². The lowest BCUT2D eigenvalue weighted by atomic mass is 10.1. The summed E-state index contributed by atoms with van der Waals surface area (Å²) in [5.74, 6) is -0.447. The largest absolute Gasteiger partial charge is 0.478 e. The van der Waals surface area contributed by atoms with E-state index < -0.39 is 15.8 Å². The average molecular weight is 453 g/mol. The van der Waals surface area contributed by atoms with Crippen molar-refractivity contribution in [3.05, 3.63) is 72.1 Å². The molecule has 2 aromatic carbocycles. The number of thiophene rings is 1. The minimum absolute atomic E-state index is 0.207. The van der Waals surface area contributed by atoms with E-state index in [-0.39, 0.29) is 10.5 Å². The molecule has 0 amide bonds. The van der Waals surface area contributed by atoms with Crippen molar-refractivity contribution >= 4 is 49.4 Å². The first-order chi connectivity index (χ1) is 14.8. The smallest absolute Gasteiger partial charge is 0.335 e. The van der Waals surface area contributed by atoms with Gasteiger partial charge in [-0.2, -0.15) is 5.10 Å². The zero-order chi connectivity index (χ0) is 22.0. The maximum absolute atomic E-state index is 11.7. The number of hydrazone groups is 1. The number of anilines is 1. The van der Waals surface area contributed by atoms with Crippen molar-refractivity contribution in [2.75, 3.05) is 11.7 Å². The second-order valence-corrected chi connectivity index (χ2v) is 9.71. The van der Waals surface area contributed by atoms with Gasteiger partial charge in [0.2, 0.25) is 0 Å². The van der Waals surface area contributed by atoms with E-state index in [9.17, 15) is 13.2 Å². The van der Waals surface area contributed by atoms with Crippen LogP contribution in [-0.4, -0.2) is 41.9 Å². The van der Waals surface area contributed by atoms with Crippen molar-refractivity contribution < 1.29 is 18.3 Å². The molecule has 156 valence electrons. The molecule has 0 radical (unpaired) electrons. The van der Waals surface area contributed by atoms with Gasteiger partial charge in [0, 0.05) is 11.1 Å². The molecule has 8 nitrogen and oxygen atoms in total. The van der Waals surface area contributed by atoms with Gasteiger partial charge in [-0.1, -0.05) is 24.3 Å². The Morgan fingerprint density at radius 1 is 1.10 bits per heavy atom. The van der Waals surface area contributed by atoms with Gasteiger partial charge < -0.3 is 5.11 Å². The molecule has 0 atom stereocenters. The van der Waals surface area contributed by atoms with E-state index in [0.717, 1.165) is 26.2 Å². The van der Waals surface area contributed by atoms with Crippen LogP contribution in [0, 0.1) is 0 Å². The molecule has 4 aromatic rings. The molecule has 0 bridgehead atoms. The van der Waals surface area contributed by atoms with Crippen LogP contribution >= 0.6 is 11.3 Å². The Kier molecular flexibility index (Phi) is 5.49. The number of carboxylic acids is 1. The Bertz CT molecular complexity index is 1390. The summed E-state index contributed by atoms with van der Waals surface area (Å²) in [5.41, 5.74) is 5.46. The summed E-state index contributed by atoms with van der Waals surface area (Å²) in [6, 6.07) is 14.9. The van der Waals surface area contributed by atoms with Crippen LogP contribution in [0.3, 0.4) is 0 Å². The topological polar surface area (TPSA) is 122 Å². The van der Waals surface area contributed by atoms with Gasteiger partial charge in [0.1, 0.15) is 6.33 Å². The van der Waals surface area contributed by atoms with E-state index in [0.29, 0.717) is 5.82 Å². The normalized spacial score (nSPS) is 11.8. The summed E-state index contributed by atoms with van der Waals surface area (Å²) in [7, 11) is -3.25. The van der Waals surface area contributed by atoms with Crippen LogP contribution in [-0.2, 0) is 9.84 Å². The molecule has 2 heterocycles. The summed E-state index contributed by atoms with van der Waals surface area (Å²) in [5, 5.41) is 13.1. The molecule has 0 aliphatic heterocycles. The van der Waals surface area contributed by atoms with Crippen LogP contribution < -0.4 is 5.43 Å². The van der Waals surface area contributed by atoms with Crippen molar-refractivity contribution in [2.45, 2.75) is 4.90 Å². The third-order valence-corrected chi connectivity index (χ3v) is 6.73. The van der Waals surface area contributed by atoms with Gasteiger partial charge in [0.25, 0.3) is 0 Å². The third kappa shape index (κ3) is 4.60. The first-order valence-electron chi connectivity index (χ1n) is 8.99. The van der Waals surface area contributed by atoms with E-state index in [1.165, 1.54) is 36.1 Å². The SMILES string of the molecule is CS(=O)(=O)c1ccc(-c2cc3ncnc(NN=Cc4ccc(C(=O)O)cc4)c3s2)cc1. The number of benzene rings is 2. The summed E-state index contributed by atoms with van der Waals surface area (Å²) < 4.78 is 24.1. The number of aromatic nitrogens is 2. The number of hydrogen-bond acceptors (Lipinski definition) is 8. The van der Waals surface area contributed by atoms with Crippen LogP contribution in [0.4, 0.5) is 5.82 Å². The monoisotopic (exact) mass is 452 g/mol. The standard InChI is InChI=1S/C21H16N4O4S2/c1-31(28,29)16-8-6-14(7-9-16)18-10-17-19(30-18)20(23-12-22-17)25-24-11-13-2-4-15(5-3-13)21(26)27/h2-12H,1H3,(H,26,27)(H,22,23,25). The highest BCUT2D eigenvalue weighted by molar-refractivity contribution is 7.90. The Morgan fingerprint density at radius 3 is 2.45 bits per heavy atom. The van der Waals surface area contributed by atoms with Gasteiger partial charge in [-0.15, -0.1) is 11.3 Å². The number of nitrogens with zero attached hydrogens (tertiary/aromatic N) is 3. The fourth-order valence-electron chi connectivity index (χ4n) is 2.82. The zero-order valence-electron chi connectivity index (χ0n) is 16.2. The Morgan fingerprint density at radius 2 is 1.81 bits per heavy atom. The fourth-order valence-corrected chi connectivity index (χ4v) is 4.51. The highest BCUT2D eigenvalue weighted by atomic mass is 32.2. The van der Waals surface area contributed by atoms with E-state index >= 15 is 0 Å². The van der Waals surface area contributed by atoms with Gasteiger partial charge in [-0.05, 0) is 41.5 Å². The fraction of sp³-hybridized carbons (Fsp3) is 0.0476. The van der Waals surface area contributed by atoms with E-state index in [1.54, 1.807) is 42.6 Å². The number of aromatic carboxylic acids is 1. The summed E-state index contributed by atoms with van der Waals surface area (Å²) in [6.07, 6.45) is 4.18. The highest BCUT2D eigenvalue weighted by Crippen LogP contribution is 2.35. The van der Waals surface area contributed by atoms with Gasteiger partial charge >= 0.3 is 5.97 Å². The molecule has 4 rings (SSSR count). The van der Waals surface area contributed by atoms with Gasteiger partial charge in [0.05, 0.1) is 26.9 Å². The molecule has 10 heteroatoms. The third-order valence-electron chi connectivity index (χ3n) is 4.42. The molecule has 0 fully saturated rings. The molecule has 0 saturated carbocycles. The molecule has 31 heavy (non-hydrogen) atoms. The van der Waals surface area contributed by atoms with E-state index in [2.05, 4.69) is 20.5 Å². The van der Waals surface area contributed by atoms with Crippen LogP contribution in [0.1, 0.15) is 15.9 Å². The number of carboxylic acid groups (broad SMARTS) is 1. The number of rotatable bonds is 6. The van der Waals surface area contributed by atoms with E-state index in [4.69, 9.17) is 5.11 Å². The predicted octanol–water partition coefficient (Wildman–Crippen LogP) is 3.91. The zero-order valence-corrected chi connectivity index (χ0v) is 17.8. The minimum atomic E-state index is -3.25. The first kappa shape index (κ1) is 20.6. The van der Waals surface area contributed by atoms with Gasteiger partial charge in [0.15, 0.2) is 15.7 Å². The van der Waals surface area contributed by atoms with Crippen LogP contribution in [0.5, 0.6) is 0 Å². The number of sulfone groups is 1. The Balaban J connectivity index is 1.57. The van der Waals surface area contributed by atoms with Crippen molar-refractivity contribution in [1.29, 1.82) is 0 Å². The molecule has 0 spiro atoms. The van der Waals surface area contributed by atoms with Crippen LogP contribution in [0.15, 0.2) is 70.9 Å². The van der Waals surface area contributed by atoms with Crippen molar-refractivity contribution in [3.8, 4) is 10.4 Å². The maximum Gasteiger partial charge on any atom is 0.335 e. The highest BCUT2D eigenvalue weighted by Gasteiger charge is 2.12. The van der Waals surface area contributed by atoms with Crippen LogP contribution in [0.2, 0.25) is 0 Å². The van der Waals surface area contributed by atoms with Gasteiger partial charge in [-0.25, -0.2) is 23.2 Å². The second kappa shape index (κ2) is 8.25. The number of carbonyl (C=O) groups is 1. The molecular weight excluding hydrogens is 436 g/mol. The molecule has 0 unspecified atom stereocenters. The lowest BCUT2D eigenvalue weighted by Gasteiger charge is -2.01. The summed E-state index contributed by atoms with van der Waals surface area (Å²) >= 11 is 1.47. The molecular formula is C21H16N4O4S2. The van der Waals surface area contributed by atoms with Crippen molar-refractivity contribution in [3.63, 3.8) is 0 Å². The molecule has 0 aliphatic rings. The predicted molar refractivity (Wildman–Crippen MR) is 121 cm³/mol. The molecule has 0 aliphatic carbocycles. The van der Waals surface area contributed by atoms with Gasteiger partial charge in [-0.3, -0.25) is 5.43 Å². The first-order valence-corrected chi connectivity index (χ1v) is 11.7.